The first-order valence-electron chi connectivity index (χ1n) is 8.22. The van der Waals surface area contributed by atoms with E-state index in [-0.39, 0.29) is 0 Å². The van der Waals surface area contributed by atoms with E-state index in [4.69, 9.17) is 4.98 Å². The lowest BCUT2D eigenvalue weighted by atomic mass is 10.2. The number of anilines is 2. The number of aromatic nitrogens is 6. The fourth-order valence-electron chi connectivity index (χ4n) is 3.02. The van der Waals surface area contributed by atoms with Gasteiger partial charge in [0.25, 0.3) is 0 Å². The maximum absolute atomic E-state index is 4.77. The van der Waals surface area contributed by atoms with Crippen molar-refractivity contribution in [3.05, 3.63) is 30.5 Å². The fourth-order valence-corrected chi connectivity index (χ4v) is 3.02. The van der Waals surface area contributed by atoms with Crippen molar-refractivity contribution < 1.29 is 0 Å². The molecule has 8 heteroatoms. The number of aryl methyl sites for hydroxylation is 2. The molecule has 0 N–H and O–H groups in total. The lowest BCUT2D eigenvalue weighted by Crippen LogP contribution is -2.47. The average molecular weight is 324 g/mol. The van der Waals surface area contributed by atoms with Crippen LogP contribution in [0.4, 0.5) is 11.8 Å². The summed E-state index contributed by atoms with van der Waals surface area (Å²) in [6.07, 6.45) is 6.24. The summed E-state index contributed by atoms with van der Waals surface area (Å²) < 4.78 is 1.81. The lowest BCUT2D eigenvalue weighted by molar-refractivity contribution is 0.634. The highest BCUT2D eigenvalue weighted by molar-refractivity contribution is 5.87. The van der Waals surface area contributed by atoms with E-state index in [2.05, 4.69) is 36.8 Å². The lowest BCUT2D eigenvalue weighted by Gasteiger charge is -2.35. The predicted molar refractivity (Wildman–Crippen MR) is 92.1 cm³/mol. The Kier molecular flexibility index (Phi) is 3.72. The summed E-state index contributed by atoms with van der Waals surface area (Å²) in [7, 11) is 1.92. The van der Waals surface area contributed by atoms with Crippen molar-refractivity contribution in [3.8, 4) is 0 Å². The summed E-state index contributed by atoms with van der Waals surface area (Å²) >= 11 is 0. The highest BCUT2D eigenvalue weighted by Crippen LogP contribution is 2.25. The van der Waals surface area contributed by atoms with Crippen molar-refractivity contribution in [2.45, 2.75) is 13.3 Å². The van der Waals surface area contributed by atoms with Crippen molar-refractivity contribution in [2.75, 3.05) is 36.0 Å². The van der Waals surface area contributed by atoms with Crippen LogP contribution in [0.3, 0.4) is 0 Å². The second-order valence-corrected chi connectivity index (χ2v) is 5.85. The average Bonchev–Trinajstić information content (AvgIpc) is 3.03. The zero-order valence-corrected chi connectivity index (χ0v) is 13.9. The molecule has 0 aliphatic carbocycles. The molecule has 0 saturated carbocycles. The molecule has 3 aromatic heterocycles. The molecule has 1 aliphatic rings. The molecule has 124 valence electrons. The van der Waals surface area contributed by atoms with Gasteiger partial charge in [0.1, 0.15) is 11.6 Å². The van der Waals surface area contributed by atoms with E-state index in [1.165, 1.54) is 0 Å². The van der Waals surface area contributed by atoms with Crippen LogP contribution >= 0.6 is 0 Å². The minimum absolute atomic E-state index is 0.792. The number of rotatable bonds is 3. The van der Waals surface area contributed by atoms with E-state index in [0.717, 1.165) is 61.2 Å². The van der Waals surface area contributed by atoms with E-state index >= 15 is 0 Å². The minimum atomic E-state index is 0.792. The number of nitrogens with zero attached hydrogens (tertiary/aromatic N) is 8. The summed E-state index contributed by atoms with van der Waals surface area (Å²) in [6.45, 7) is 5.57. The largest absolute Gasteiger partial charge is 0.352 e. The minimum Gasteiger partial charge on any atom is -0.352 e. The maximum atomic E-state index is 4.77. The summed E-state index contributed by atoms with van der Waals surface area (Å²) in [5.41, 5.74) is 0.894. The van der Waals surface area contributed by atoms with Crippen molar-refractivity contribution in [2.24, 2.45) is 7.05 Å². The summed E-state index contributed by atoms with van der Waals surface area (Å²) in [5, 5.41) is 5.36. The Bertz CT molecular complexity index is 836. The highest BCUT2D eigenvalue weighted by atomic mass is 15.3. The first-order valence-corrected chi connectivity index (χ1v) is 8.22. The molecule has 8 nitrogen and oxygen atoms in total. The zero-order valence-electron chi connectivity index (χ0n) is 13.9. The van der Waals surface area contributed by atoms with Crippen LogP contribution in [0.1, 0.15) is 12.7 Å². The van der Waals surface area contributed by atoms with Crippen LogP contribution in [0.2, 0.25) is 0 Å². The van der Waals surface area contributed by atoms with Gasteiger partial charge in [-0.05, 0) is 6.07 Å². The van der Waals surface area contributed by atoms with Crippen LogP contribution in [0.5, 0.6) is 0 Å². The molecule has 0 amide bonds. The Balaban J connectivity index is 1.60. The second kappa shape index (κ2) is 6.03. The van der Waals surface area contributed by atoms with E-state index in [1.807, 2.05) is 24.0 Å². The first-order chi connectivity index (χ1) is 11.8. The van der Waals surface area contributed by atoms with Crippen molar-refractivity contribution in [3.63, 3.8) is 0 Å². The first kappa shape index (κ1) is 14.8. The van der Waals surface area contributed by atoms with E-state index in [9.17, 15) is 0 Å². The maximum Gasteiger partial charge on any atom is 0.225 e. The number of fused-ring (bicyclic) bond motifs is 1. The molecule has 0 aromatic carbocycles. The molecule has 4 rings (SSSR count). The van der Waals surface area contributed by atoms with Crippen LogP contribution in [-0.2, 0) is 13.5 Å². The van der Waals surface area contributed by atoms with Gasteiger partial charge in [-0.15, -0.1) is 0 Å². The Labute approximate surface area is 140 Å². The van der Waals surface area contributed by atoms with Crippen LogP contribution in [0, 0.1) is 0 Å². The molecule has 1 fully saturated rings. The van der Waals surface area contributed by atoms with Gasteiger partial charge in [0.15, 0.2) is 5.65 Å². The van der Waals surface area contributed by atoms with Gasteiger partial charge in [-0.3, -0.25) is 4.68 Å². The molecule has 0 spiro atoms. The molecular weight excluding hydrogens is 304 g/mol. The third-order valence-corrected chi connectivity index (χ3v) is 4.35. The molecule has 1 saturated heterocycles. The Morgan fingerprint density at radius 2 is 1.71 bits per heavy atom. The van der Waals surface area contributed by atoms with Gasteiger partial charge >= 0.3 is 0 Å². The monoisotopic (exact) mass is 324 g/mol. The molecule has 1 aliphatic heterocycles. The van der Waals surface area contributed by atoms with E-state index in [0.29, 0.717) is 0 Å². The third-order valence-electron chi connectivity index (χ3n) is 4.35. The van der Waals surface area contributed by atoms with Crippen molar-refractivity contribution >= 4 is 22.8 Å². The van der Waals surface area contributed by atoms with Crippen LogP contribution in [0.15, 0.2) is 24.7 Å². The van der Waals surface area contributed by atoms with Crippen LogP contribution < -0.4 is 9.80 Å². The van der Waals surface area contributed by atoms with E-state index in [1.54, 1.807) is 12.4 Å². The fraction of sp³-hybridized carbons (Fsp3) is 0.438. The molecule has 0 unspecified atom stereocenters. The van der Waals surface area contributed by atoms with Crippen molar-refractivity contribution in [1.29, 1.82) is 0 Å². The van der Waals surface area contributed by atoms with Gasteiger partial charge in [-0.2, -0.15) is 5.10 Å². The van der Waals surface area contributed by atoms with Crippen LogP contribution in [-0.4, -0.2) is 55.9 Å². The normalized spacial score (nSPS) is 15.2. The van der Waals surface area contributed by atoms with E-state index < -0.39 is 0 Å². The third kappa shape index (κ3) is 2.53. The molecular formula is C16H20N8. The van der Waals surface area contributed by atoms with Gasteiger partial charge in [-0.25, -0.2) is 19.9 Å². The number of hydrogen-bond donors (Lipinski definition) is 0. The zero-order chi connectivity index (χ0) is 16.5. The Morgan fingerprint density at radius 1 is 1.00 bits per heavy atom. The summed E-state index contributed by atoms with van der Waals surface area (Å²) in [5.74, 6) is 2.63. The highest BCUT2D eigenvalue weighted by Gasteiger charge is 2.23. The molecule has 24 heavy (non-hydrogen) atoms. The molecule has 4 heterocycles. The van der Waals surface area contributed by atoms with Gasteiger partial charge in [0.2, 0.25) is 5.95 Å². The SMILES string of the molecule is CCc1nc(N2CCN(c3ncccn3)CC2)c2cnn(C)c2n1. The number of piperazine rings is 1. The van der Waals surface area contributed by atoms with Gasteiger partial charge in [0.05, 0.1) is 11.6 Å². The molecule has 3 aromatic rings. The Morgan fingerprint density at radius 3 is 2.42 bits per heavy atom. The molecule has 0 atom stereocenters. The topological polar surface area (TPSA) is 75.9 Å². The van der Waals surface area contributed by atoms with Crippen molar-refractivity contribution in [1.82, 2.24) is 29.7 Å². The Hall–Kier alpha value is -2.77. The predicted octanol–water partition coefficient (Wildman–Crippen LogP) is 1.04. The standard InChI is InChI=1S/C16H20N8/c1-3-13-20-14-12(11-19-22(14)2)15(21-13)23-7-9-24(10-8-23)16-17-5-4-6-18-16/h4-6,11H,3,7-10H2,1-2H3. The summed E-state index contributed by atoms with van der Waals surface area (Å²) in [4.78, 5) is 22.6. The van der Waals surface area contributed by atoms with Crippen LogP contribution in [0.25, 0.3) is 11.0 Å². The summed E-state index contributed by atoms with van der Waals surface area (Å²) in [6, 6.07) is 1.84. The van der Waals surface area contributed by atoms with Gasteiger partial charge < -0.3 is 9.80 Å². The number of hydrogen-bond acceptors (Lipinski definition) is 7. The smallest absolute Gasteiger partial charge is 0.225 e. The quantitative estimate of drug-likeness (QED) is 0.712. The van der Waals surface area contributed by atoms with Gasteiger partial charge in [-0.1, -0.05) is 6.92 Å². The molecule has 0 radical (unpaired) electrons. The van der Waals surface area contributed by atoms with Gasteiger partial charge in [0, 0.05) is 52.0 Å². The second-order valence-electron chi connectivity index (χ2n) is 5.85. The molecule has 0 bridgehead atoms.